The minimum absolute atomic E-state index is 0.00410. The first-order valence-corrected chi connectivity index (χ1v) is 13.5. The van der Waals surface area contributed by atoms with Crippen molar-refractivity contribution in [3.8, 4) is 28.4 Å². The van der Waals surface area contributed by atoms with Crippen LogP contribution in [0.5, 0.6) is 17.2 Å². The Balaban J connectivity index is 1.83. The van der Waals surface area contributed by atoms with Gasteiger partial charge in [-0.05, 0) is 72.9 Å². The van der Waals surface area contributed by atoms with E-state index in [-0.39, 0.29) is 23.7 Å². The quantitative estimate of drug-likeness (QED) is 0.112. The van der Waals surface area contributed by atoms with E-state index in [1.165, 1.54) is 13.2 Å². The minimum Gasteiger partial charge on any atom is -0.426 e. The Kier molecular flexibility index (Phi) is 11.8. The predicted molar refractivity (Wildman–Crippen MR) is 155 cm³/mol. The zero-order chi connectivity index (χ0) is 29.8. The number of rotatable bonds is 14. The molecule has 0 saturated carbocycles. The van der Waals surface area contributed by atoms with E-state index in [1.54, 1.807) is 55.5 Å². The van der Waals surface area contributed by atoms with E-state index in [0.29, 0.717) is 16.9 Å². The summed E-state index contributed by atoms with van der Waals surface area (Å²) in [4.78, 5) is 37.5. The summed E-state index contributed by atoms with van der Waals surface area (Å²) in [6.45, 7) is 7.03. The van der Waals surface area contributed by atoms with Crippen LogP contribution >= 0.6 is 0 Å². The van der Waals surface area contributed by atoms with Gasteiger partial charge in [-0.2, -0.15) is 0 Å². The smallest absolute Gasteiger partial charge is 0.343 e. The molecule has 0 aliphatic heterocycles. The van der Waals surface area contributed by atoms with E-state index in [0.717, 1.165) is 36.8 Å². The fourth-order valence-electron chi connectivity index (χ4n) is 3.88. The number of aliphatic hydroxyl groups is 1. The van der Waals surface area contributed by atoms with E-state index < -0.39 is 30.4 Å². The molecule has 3 rings (SSSR count). The molecule has 0 amide bonds. The summed E-state index contributed by atoms with van der Waals surface area (Å²) in [5.41, 5.74) is 2.73. The number of benzene rings is 3. The van der Waals surface area contributed by atoms with Gasteiger partial charge in [0.25, 0.3) is 0 Å². The minimum atomic E-state index is -0.845. The van der Waals surface area contributed by atoms with Crippen LogP contribution < -0.4 is 14.2 Å². The molecule has 1 N–H and O–H groups in total. The van der Waals surface area contributed by atoms with Gasteiger partial charge in [-0.25, -0.2) is 9.59 Å². The molecule has 8 nitrogen and oxygen atoms in total. The molecule has 41 heavy (non-hydrogen) atoms. The van der Waals surface area contributed by atoms with Gasteiger partial charge in [0.05, 0.1) is 30.3 Å². The molecular weight excluding hydrogens is 524 g/mol. The largest absolute Gasteiger partial charge is 0.426 e. The van der Waals surface area contributed by atoms with Crippen LogP contribution in [-0.4, -0.2) is 43.3 Å². The molecule has 0 aliphatic rings. The number of hydrogen-bond acceptors (Lipinski definition) is 8. The lowest BCUT2D eigenvalue weighted by Gasteiger charge is -2.14. The van der Waals surface area contributed by atoms with Crippen molar-refractivity contribution < 1.29 is 38.4 Å². The Bertz CT molecular complexity index is 1340. The van der Waals surface area contributed by atoms with Crippen LogP contribution in [-0.2, 0) is 20.7 Å². The van der Waals surface area contributed by atoms with E-state index in [1.807, 2.05) is 12.1 Å². The van der Waals surface area contributed by atoms with Crippen molar-refractivity contribution >= 4 is 17.9 Å². The Morgan fingerprint density at radius 2 is 1.54 bits per heavy atom. The number of ether oxygens (including phenoxy) is 4. The monoisotopic (exact) mass is 560 g/mol. The first-order valence-electron chi connectivity index (χ1n) is 13.5. The molecule has 3 aromatic carbocycles. The summed E-state index contributed by atoms with van der Waals surface area (Å²) in [5, 5.41) is 9.24. The number of aryl methyl sites for hydroxylation is 1. The Morgan fingerprint density at radius 3 is 2.17 bits per heavy atom. The molecule has 216 valence electrons. The lowest BCUT2D eigenvalue weighted by Crippen LogP contribution is -2.21. The van der Waals surface area contributed by atoms with Crippen molar-refractivity contribution in [3.05, 3.63) is 90.0 Å². The van der Waals surface area contributed by atoms with Crippen molar-refractivity contribution in [2.24, 2.45) is 5.92 Å². The van der Waals surface area contributed by atoms with Crippen LogP contribution in [0, 0.1) is 5.92 Å². The highest BCUT2D eigenvalue weighted by molar-refractivity contribution is 5.93. The maximum atomic E-state index is 13.0. The number of hydrogen-bond donors (Lipinski definition) is 1. The van der Waals surface area contributed by atoms with Crippen LogP contribution in [0.4, 0.5) is 0 Å². The van der Waals surface area contributed by atoms with Crippen molar-refractivity contribution in [2.75, 3.05) is 20.3 Å². The molecule has 8 heteroatoms. The van der Waals surface area contributed by atoms with Gasteiger partial charge in [-0.1, -0.05) is 56.7 Å². The third-order valence-electron chi connectivity index (χ3n) is 6.31. The Hall–Kier alpha value is -4.27. The zero-order valence-corrected chi connectivity index (χ0v) is 23.7. The summed E-state index contributed by atoms with van der Waals surface area (Å²) in [6, 6.07) is 18.8. The van der Waals surface area contributed by atoms with Gasteiger partial charge in [0.1, 0.15) is 5.75 Å². The molecule has 0 heterocycles. The molecule has 0 radical (unpaired) electrons. The lowest BCUT2D eigenvalue weighted by atomic mass is 10.0. The number of methoxy groups -OCH3 is 1. The van der Waals surface area contributed by atoms with Crippen molar-refractivity contribution in [2.45, 2.75) is 39.5 Å². The van der Waals surface area contributed by atoms with E-state index in [2.05, 4.69) is 13.5 Å². The maximum absolute atomic E-state index is 13.0. The number of carbonyl (C=O) groups is 3. The van der Waals surface area contributed by atoms with E-state index in [4.69, 9.17) is 18.9 Å². The molecule has 0 aliphatic carbocycles. The highest BCUT2D eigenvalue weighted by atomic mass is 16.6. The highest BCUT2D eigenvalue weighted by Gasteiger charge is 2.19. The number of carbonyl (C=O) groups excluding carboxylic acids is 3. The molecule has 1 atom stereocenters. The first-order chi connectivity index (χ1) is 19.7. The molecule has 3 aromatic rings. The summed E-state index contributed by atoms with van der Waals surface area (Å²) < 4.78 is 21.4. The molecular formula is C33H36O8. The molecule has 0 saturated heterocycles. The molecule has 0 fully saturated rings. The standard InChI is InChI=1S/C33H36O8/c1-5-6-7-8-24-9-11-26(12-10-24)33(37)41-30-19-27(15-18-29(30)40-31(35)22(2)20-34)25-13-16-28(17-14-25)39-32(36)23(3)21-38-4/h9-19,23,34H,2,5-8,20-21H2,1,3-4H3. The van der Waals surface area contributed by atoms with E-state index in [9.17, 15) is 19.5 Å². The van der Waals surface area contributed by atoms with Gasteiger partial charge in [-0.15, -0.1) is 0 Å². The first kappa shape index (κ1) is 31.3. The number of esters is 3. The molecule has 0 aromatic heterocycles. The SMILES string of the molecule is C=C(CO)C(=O)Oc1ccc(-c2ccc(OC(=O)C(C)COC)cc2)cc1OC(=O)c1ccc(CCCCC)cc1. The van der Waals surface area contributed by atoms with Crippen LogP contribution in [0.1, 0.15) is 49.0 Å². The maximum Gasteiger partial charge on any atom is 0.343 e. The van der Waals surface area contributed by atoms with Gasteiger partial charge >= 0.3 is 17.9 Å². The third kappa shape index (κ3) is 9.13. The summed E-state index contributed by atoms with van der Waals surface area (Å²) in [7, 11) is 1.52. The third-order valence-corrected chi connectivity index (χ3v) is 6.31. The molecule has 1 unspecified atom stereocenters. The number of unbranched alkanes of at least 4 members (excludes halogenated alkanes) is 2. The summed E-state index contributed by atoms with van der Waals surface area (Å²) in [5.74, 6) is -1.89. The normalized spacial score (nSPS) is 11.4. The van der Waals surface area contributed by atoms with Crippen LogP contribution in [0.15, 0.2) is 78.9 Å². The topological polar surface area (TPSA) is 108 Å². The average molecular weight is 561 g/mol. The fourth-order valence-corrected chi connectivity index (χ4v) is 3.88. The zero-order valence-electron chi connectivity index (χ0n) is 23.7. The second-order valence-electron chi connectivity index (χ2n) is 9.66. The fraction of sp³-hybridized carbons (Fsp3) is 0.303. The van der Waals surface area contributed by atoms with E-state index >= 15 is 0 Å². The van der Waals surface area contributed by atoms with Gasteiger partial charge in [0.2, 0.25) is 0 Å². The average Bonchev–Trinajstić information content (AvgIpc) is 2.98. The van der Waals surface area contributed by atoms with Crippen LogP contribution in [0.2, 0.25) is 0 Å². The summed E-state index contributed by atoms with van der Waals surface area (Å²) >= 11 is 0. The van der Waals surface area contributed by atoms with Gasteiger partial charge < -0.3 is 24.1 Å². The second kappa shape index (κ2) is 15.5. The second-order valence-corrected chi connectivity index (χ2v) is 9.66. The highest BCUT2D eigenvalue weighted by Crippen LogP contribution is 2.34. The van der Waals surface area contributed by atoms with Crippen molar-refractivity contribution in [1.29, 1.82) is 0 Å². The molecule has 0 spiro atoms. The van der Waals surface area contributed by atoms with Gasteiger partial charge in [-0.3, -0.25) is 4.79 Å². The predicted octanol–water partition coefficient (Wildman–Crippen LogP) is 5.95. The van der Waals surface area contributed by atoms with Crippen LogP contribution in [0.25, 0.3) is 11.1 Å². The van der Waals surface area contributed by atoms with Crippen molar-refractivity contribution in [3.63, 3.8) is 0 Å². The van der Waals surface area contributed by atoms with Crippen LogP contribution in [0.3, 0.4) is 0 Å². The summed E-state index contributed by atoms with van der Waals surface area (Å²) in [6.07, 6.45) is 4.29. The Morgan fingerprint density at radius 1 is 0.854 bits per heavy atom. The molecule has 0 bridgehead atoms. The lowest BCUT2D eigenvalue weighted by molar-refractivity contribution is -0.140. The Labute approximate surface area is 240 Å². The van der Waals surface area contributed by atoms with Gasteiger partial charge in [0.15, 0.2) is 11.5 Å². The van der Waals surface area contributed by atoms with Gasteiger partial charge in [0, 0.05) is 7.11 Å². The number of aliphatic hydroxyl groups excluding tert-OH is 1. The van der Waals surface area contributed by atoms with Crippen molar-refractivity contribution in [1.82, 2.24) is 0 Å².